The molecule has 0 aliphatic rings. The Bertz CT molecular complexity index is 405. The van der Waals surface area contributed by atoms with E-state index in [0.717, 1.165) is 6.07 Å². The number of phenols is 1. The second-order valence-corrected chi connectivity index (χ2v) is 2.99. The van der Waals surface area contributed by atoms with Crippen molar-refractivity contribution in [3.63, 3.8) is 0 Å². The van der Waals surface area contributed by atoms with Crippen molar-refractivity contribution in [1.82, 2.24) is 0 Å². The maximum atomic E-state index is 10.9. The van der Waals surface area contributed by atoms with Gasteiger partial charge in [0.1, 0.15) is 17.2 Å². The van der Waals surface area contributed by atoms with Gasteiger partial charge in [0.15, 0.2) is 0 Å². The summed E-state index contributed by atoms with van der Waals surface area (Å²) in [6.45, 7) is 0. The summed E-state index contributed by atoms with van der Waals surface area (Å²) >= 11 is 5.25. The van der Waals surface area contributed by atoms with E-state index in [0.29, 0.717) is 5.69 Å². The van der Waals surface area contributed by atoms with Crippen LogP contribution in [0.3, 0.4) is 0 Å². The lowest BCUT2D eigenvalue weighted by atomic mass is 10.2. The van der Waals surface area contributed by atoms with Crippen molar-refractivity contribution in [2.45, 2.75) is 0 Å². The third-order valence-corrected chi connectivity index (χ3v) is 1.88. The number of anilines is 1. The molecular weight excluding hydrogens is 222 g/mol. The molecule has 0 aliphatic heterocycles. The highest BCUT2D eigenvalue weighted by Crippen LogP contribution is 2.21. The molecule has 0 saturated carbocycles. The minimum absolute atomic E-state index is 0.207. The van der Waals surface area contributed by atoms with E-state index in [1.54, 1.807) is 0 Å². The average Bonchev–Trinajstić information content (AvgIpc) is 2.17. The molecule has 0 bridgehead atoms. The zero-order chi connectivity index (χ0) is 11.4. The minimum atomic E-state index is -1.23. The summed E-state index contributed by atoms with van der Waals surface area (Å²) in [5, 5.41) is 20.3. The normalized spacial score (nSPS) is 9.67. The number of hydrogen-bond donors (Lipinski definition) is 3. The van der Waals surface area contributed by atoms with Gasteiger partial charge in [-0.05, 0) is 12.1 Å². The van der Waals surface area contributed by atoms with Crippen LogP contribution in [-0.2, 0) is 4.79 Å². The van der Waals surface area contributed by atoms with Crippen LogP contribution in [-0.4, -0.2) is 28.0 Å². The number of carbonyl (C=O) groups is 2. The Labute approximate surface area is 90.3 Å². The van der Waals surface area contributed by atoms with Crippen LogP contribution in [0.15, 0.2) is 18.2 Å². The Morgan fingerprint density at radius 3 is 2.53 bits per heavy atom. The van der Waals surface area contributed by atoms with Crippen molar-refractivity contribution < 1.29 is 19.8 Å². The summed E-state index contributed by atoms with van der Waals surface area (Å²) in [5.41, 5.74) is 0.0713. The number of alkyl halides is 1. The SMILES string of the molecule is O=C(CCl)Nc1ccc(C(=O)O)c(O)c1. The molecule has 0 aromatic heterocycles. The highest BCUT2D eigenvalue weighted by Gasteiger charge is 2.10. The molecule has 0 aliphatic carbocycles. The number of nitrogens with one attached hydrogen (secondary N) is 1. The molecular formula is C9H8ClNO4. The van der Waals surface area contributed by atoms with E-state index in [-0.39, 0.29) is 11.4 Å². The molecule has 0 radical (unpaired) electrons. The molecule has 5 nitrogen and oxygen atoms in total. The van der Waals surface area contributed by atoms with Gasteiger partial charge in [-0.1, -0.05) is 0 Å². The molecule has 1 amide bonds. The zero-order valence-corrected chi connectivity index (χ0v) is 8.28. The van der Waals surface area contributed by atoms with Gasteiger partial charge in [0, 0.05) is 11.8 Å². The number of rotatable bonds is 3. The van der Waals surface area contributed by atoms with Gasteiger partial charge < -0.3 is 15.5 Å². The molecule has 0 spiro atoms. The quantitative estimate of drug-likeness (QED) is 0.681. The van der Waals surface area contributed by atoms with Gasteiger partial charge >= 0.3 is 5.97 Å². The molecule has 1 aromatic carbocycles. The first-order valence-electron chi connectivity index (χ1n) is 3.96. The van der Waals surface area contributed by atoms with E-state index in [1.807, 2.05) is 0 Å². The molecule has 6 heteroatoms. The summed E-state index contributed by atoms with van der Waals surface area (Å²) in [5.74, 6) is -2.28. The first kappa shape index (κ1) is 11.3. The van der Waals surface area contributed by atoms with Crippen LogP contribution in [0.1, 0.15) is 10.4 Å². The lowest BCUT2D eigenvalue weighted by molar-refractivity contribution is -0.113. The smallest absolute Gasteiger partial charge is 0.339 e. The predicted molar refractivity (Wildman–Crippen MR) is 54.4 cm³/mol. The highest BCUT2D eigenvalue weighted by atomic mass is 35.5. The van der Waals surface area contributed by atoms with Crippen LogP contribution in [0.2, 0.25) is 0 Å². The van der Waals surface area contributed by atoms with Crippen LogP contribution in [0.5, 0.6) is 5.75 Å². The number of aromatic hydroxyl groups is 1. The summed E-state index contributed by atoms with van der Waals surface area (Å²) < 4.78 is 0. The summed E-state index contributed by atoms with van der Waals surface area (Å²) in [4.78, 5) is 21.4. The lowest BCUT2D eigenvalue weighted by Crippen LogP contribution is -2.12. The first-order chi connectivity index (χ1) is 7.04. The van der Waals surface area contributed by atoms with E-state index >= 15 is 0 Å². The number of carboxylic acids is 1. The van der Waals surface area contributed by atoms with Gasteiger partial charge in [-0.2, -0.15) is 0 Å². The molecule has 0 heterocycles. The fourth-order valence-corrected chi connectivity index (χ4v) is 1.05. The number of amides is 1. The van der Waals surface area contributed by atoms with Crippen molar-refractivity contribution in [2.75, 3.05) is 11.2 Å². The fraction of sp³-hybridized carbons (Fsp3) is 0.111. The number of benzene rings is 1. The molecule has 1 aromatic rings. The van der Waals surface area contributed by atoms with Crippen molar-refractivity contribution in [3.8, 4) is 5.75 Å². The molecule has 80 valence electrons. The van der Waals surface area contributed by atoms with Gasteiger partial charge in [-0.3, -0.25) is 4.79 Å². The van der Waals surface area contributed by atoms with Gasteiger partial charge in [0.25, 0.3) is 0 Å². The minimum Gasteiger partial charge on any atom is -0.507 e. The van der Waals surface area contributed by atoms with Gasteiger partial charge in [0.2, 0.25) is 5.91 Å². The molecule has 0 unspecified atom stereocenters. The van der Waals surface area contributed by atoms with Crippen LogP contribution >= 0.6 is 11.6 Å². The van der Waals surface area contributed by atoms with Gasteiger partial charge in [-0.25, -0.2) is 4.79 Å². The molecule has 0 saturated heterocycles. The van der Waals surface area contributed by atoms with E-state index in [1.165, 1.54) is 12.1 Å². The van der Waals surface area contributed by atoms with E-state index in [9.17, 15) is 14.7 Å². The fourth-order valence-electron chi connectivity index (χ4n) is 0.985. The van der Waals surface area contributed by atoms with Crippen LogP contribution in [0.25, 0.3) is 0 Å². The maximum absolute atomic E-state index is 10.9. The van der Waals surface area contributed by atoms with Crippen molar-refractivity contribution >= 4 is 29.2 Å². The monoisotopic (exact) mass is 229 g/mol. The third kappa shape index (κ3) is 2.85. The molecule has 0 fully saturated rings. The summed E-state index contributed by atoms with van der Waals surface area (Å²) in [7, 11) is 0. The number of halogens is 1. The third-order valence-electron chi connectivity index (χ3n) is 1.63. The second kappa shape index (κ2) is 4.65. The predicted octanol–water partition coefficient (Wildman–Crippen LogP) is 1.27. The summed E-state index contributed by atoms with van der Waals surface area (Å²) in [6, 6.07) is 3.71. The number of carbonyl (C=O) groups excluding carboxylic acids is 1. The standard InChI is InChI=1S/C9H8ClNO4/c10-4-8(13)11-5-1-2-6(9(14)15)7(12)3-5/h1-3,12H,4H2,(H,11,13)(H,14,15). The van der Waals surface area contributed by atoms with Gasteiger partial charge in [0.05, 0.1) is 0 Å². The average molecular weight is 230 g/mol. The zero-order valence-electron chi connectivity index (χ0n) is 7.53. The van der Waals surface area contributed by atoms with Gasteiger partial charge in [-0.15, -0.1) is 11.6 Å². The van der Waals surface area contributed by atoms with E-state index in [4.69, 9.17) is 16.7 Å². The van der Waals surface area contributed by atoms with Crippen molar-refractivity contribution in [3.05, 3.63) is 23.8 Å². The Morgan fingerprint density at radius 1 is 1.40 bits per heavy atom. The van der Waals surface area contributed by atoms with Crippen molar-refractivity contribution in [2.24, 2.45) is 0 Å². The number of hydrogen-bond acceptors (Lipinski definition) is 3. The maximum Gasteiger partial charge on any atom is 0.339 e. The molecule has 0 atom stereocenters. The molecule has 1 rings (SSSR count). The number of aromatic carboxylic acids is 1. The second-order valence-electron chi connectivity index (χ2n) is 2.72. The Kier molecular flexibility index (Phi) is 3.51. The Morgan fingerprint density at radius 2 is 2.07 bits per heavy atom. The van der Waals surface area contributed by atoms with Crippen molar-refractivity contribution in [1.29, 1.82) is 0 Å². The van der Waals surface area contributed by atoms with Crippen LogP contribution < -0.4 is 5.32 Å². The van der Waals surface area contributed by atoms with Crippen LogP contribution in [0.4, 0.5) is 5.69 Å². The van der Waals surface area contributed by atoms with E-state index in [2.05, 4.69) is 5.32 Å². The molecule has 3 N–H and O–H groups in total. The van der Waals surface area contributed by atoms with E-state index < -0.39 is 17.6 Å². The first-order valence-corrected chi connectivity index (χ1v) is 4.50. The Balaban J connectivity index is 2.91. The Hall–Kier alpha value is -1.75. The largest absolute Gasteiger partial charge is 0.507 e. The number of carboxylic acid groups (broad SMARTS) is 1. The molecule has 15 heavy (non-hydrogen) atoms. The van der Waals surface area contributed by atoms with Crippen LogP contribution in [0, 0.1) is 0 Å². The summed E-state index contributed by atoms with van der Waals surface area (Å²) in [6.07, 6.45) is 0. The highest BCUT2D eigenvalue weighted by molar-refractivity contribution is 6.29. The lowest BCUT2D eigenvalue weighted by Gasteiger charge is -2.05. The topological polar surface area (TPSA) is 86.6 Å².